The predicted octanol–water partition coefficient (Wildman–Crippen LogP) is 0.901. The minimum atomic E-state index is -0.0452. The molecule has 0 bridgehead atoms. The summed E-state index contributed by atoms with van der Waals surface area (Å²) in [7, 11) is 1.68. The molecule has 0 aliphatic heterocycles. The molecule has 2 N–H and O–H groups in total. The van der Waals surface area contributed by atoms with Crippen molar-refractivity contribution in [2.45, 2.75) is 25.5 Å². The lowest BCUT2D eigenvalue weighted by Crippen LogP contribution is -2.18. The fraction of sp³-hybridized carbons (Fsp3) is 0.556. The molecule has 0 amide bonds. The Morgan fingerprint density at radius 2 is 2.08 bits per heavy atom. The number of aromatic nitrogens is 2. The number of methoxy groups -OCH3 is 1. The van der Waals surface area contributed by atoms with E-state index in [-0.39, 0.29) is 12.1 Å². The van der Waals surface area contributed by atoms with Crippen LogP contribution in [0.15, 0.2) is 18.7 Å². The molecule has 4 nitrogen and oxygen atoms in total. The van der Waals surface area contributed by atoms with Gasteiger partial charge in [-0.15, -0.1) is 0 Å². The molecule has 0 aromatic carbocycles. The van der Waals surface area contributed by atoms with Gasteiger partial charge in [0.2, 0.25) is 0 Å². The van der Waals surface area contributed by atoms with E-state index in [0.29, 0.717) is 0 Å². The van der Waals surface area contributed by atoms with Gasteiger partial charge in [0.25, 0.3) is 0 Å². The van der Waals surface area contributed by atoms with E-state index in [4.69, 9.17) is 10.5 Å². The van der Waals surface area contributed by atoms with Crippen LogP contribution in [-0.4, -0.2) is 23.2 Å². The van der Waals surface area contributed by atoms with Crippen LogP contribution in [0.5, 0.6) is 0 Å². The van der Waals surface area contributed by atoms with Gasteiger partial charge in [0.15, 0.2) is 0 Å². The Balaban J connectivity index is 2.53. The van der Waals surface area contributed by atoms with Crippen LogP contribution in [0.4, 0.5) is 0 Å². The molecule has 2 atom stereocenters. The zero-order chi connectivity index (χ0) is 9.68. The molecule has 0 spiro atoms. The van der Waals surface area contributed by atoms with Gasteiger partial charge in [-0.25, -0.2) is 9.97 Å². The first-order valence-electron chi connectivity index (χ1n) is 4.27. The van der Waals surface area contributed by atoms with Crippen molar-refractivity contribution in [3.8, 4) is 0 Å². The highest BCUT2D eigenvalue weighted by Crippen LogP contribution is 2.14. The van der Waals surface area contributed by atoms with Crippen molar-refractivity contribution < 1.29 is 4.74 Å². The summed E-state index contributed by atoms with van der Waals surface area (Å²) in [5.41, 5.74) is 6.86. The summed E-state index contributed by atoms with van der Waals surface area (Å²) in [6.07, 6.45) is 5.91. The summed E-state index contributed by atoms with van der Waals surface area (Å²) in [6.45, 7) is 1.99. The molecule has 13 heavy (non-hydrogen) atoms. The van der Waals surface area contributed by atoms with E-state index in [1.54, 1.807) is 19.5 Å². The molecule has 72 valence electrons. The third-order valence-corrected chi connectivity index (χ3v) is 2.00. The quantitative estimate of drug-likeness (QED) is 0.749. The summed E-state index contributed by atoms with van der Waals surface area (Å²) in [5.74, 6) is 0. The van der Waals surface area contributed by atoms with Crippen LogP contribution < -0.4 is 5.73 Å². The Hall–Kier alpha value is -1.00. The van der Waals surface area contributed by atoms with E-state index in [1.165, 1.54) is 6.33 Å². The molecule has 0 saturated carbocycles. The topological polar surface area (TPSA) is 61.0 Å². The molecule has 0 saturated heterocycles. The average molecular weight is 181 g/mol. The van der Waals surface area contributed by atoms with E-state index >= 15 is 0 Å². The summed E-state index contributed by atoms with van der Waals surface area (Å²) in [5, 5.41) is 0. The minimum absolute atomic E-state index is 0.0452. The van der Waals surface area contributed by atoms with Crippen LogP contribution in [-0.2, 0) is 4.74 Å². The van der Waals surface area contributed by atoms with Crippen molar-refractivity contribution in [3.63, 3.8) is 0 Å². The smallest absolute Gasteiger partial charge is 0.115 e. The van der Waals surface area contributed by atoms with Crippen molar-refractivity contribution in [1.29, 1.82) is 0 Å². The maximum Gasteiger partial charge on any atom is 0.115 e. The maximum absolute atomic E-state index is 5.91. The second kappa shape index (κ2) is 4.89. The van der Waals surface area contributed by atoms with Crippen LogP contribution in [0.25, 0.3) is 0 Å². The number of hydrogen-bond donors (Lipinski definition) is 1. The second-order valence-corrected chi connectivity index (χ2v) is 3.06. The molecular weight excluding hydrogens is 166 g/mol. The molecule has 1 rings (SSSR count). The highest BCUT2D eigenvalue weighted by molar-refractivity contribution is 5.08. The molecule has 1 heterocycles. The molecule has 4 heteroatoms. The molecule has 0 fully saturated rings. The summed E-state index contributed by atoms with van der Waals surface area (Å²) < 4.78 is 5.12. The van der Waals surface area contributed by atoms with Crippen LogP contribution in [0, 0.1) is 0 Å². The van der Waals surface area contributed by atoms with Crippen LogP contribution >= 0.6 is 0 Å². The van der Waals surface area contributed by atoms with Gasteiger partial charge in [0, 0.05) is 31.1 Å². The van der Waals surface area contributed by atoms with Crippen molar-refractivity contribution in [3.05, 3.63) is 24.3 Å². The molecule has 1 aromatic rings. The zero-order valence-corrected chi connectivity index (χ0v) is 7.97. The third-order valence-electron chi connectivity index (χ3n) is 2.00. The first-order valence-corrected chi connectivity index (χ1v) is 4.27. The number of nitrogens with two attached hydrogens (primary N) is 1. The van der Waals surface area contributed by atoms with Crippen molar-refractivity contribution in [2.24, 2.45) is 5.73 Å². The first kappa shape index (κ1) is 10.1. The standard InChI is InChI=1S/C9H15N3O/c1-7(13-2)3-9(10)8-4-11-6-12-5-8/h4-7,9H,3,10H2,1-2H3. The number of ether oxygens (including phenoxy) is 1. The minimum Gasteiger partial charge on any atom is -0.382 e. The van der Waals surface area contributed by atoms with Gasteiger partial charge in [0.05, 0.1) is 6.10 Å². The molecule has 1 aromatic heterocycles. The lowest BCUT2D eigenvalue weighted by atomic mass is 10.1. The Morgan fingerprint density at radius 3 is 2.62 bits per heavy atom. The molecular formula is C9H15N3O. The zero-order valence-electron chi connectivity index (χ0n) is 7.97. The average Bonchev–Trinajstić information content (AvgIpc) is 2.19. The van der Waals surface area contributed by atoms with E-state index in [0.717, 1.165) is 12.0 Å². The maximum atomic E-state index is 5.91. The van der Waals surface area contributed by atoms with Crippen LogP contribution in [0.1, 0.15) is 24.9 Å². The summed E-state index contributed by atoms with van der Waals surface area (Å²) >= 11 is 0. The fourth-order valence-electron chi connectivity index (χ4n) is 1.09. The number of nitrogens with zero attached hydrogens (tertiary/aromatic N) is 2. The lowest BCUT2D eigenvalue weighted by molar-refractivity contribution is 0.104. The monoisotopic (exact) mass is 181 g/mol. The van der Waals surface area contributed by atoms with E-state index in [1.807, 2.05) is 6.92 Å². The van der Waals surface area contributed by atoms with E-state index < -0.39 is 0 Å². The van der Waals surface area contributed by atoms with E-state index in [2.05, 4.69) is 9.97 Å². The first-order chi connectivity index (χ1) is 6.24. The predicted molar refractivity (Wildman–Crippen MR) is 50.0 cm³/mol. The third kappa shape index (κ3) is 3.08. The van der Waals surface area contributed by atoms with Gasteiger partial charge in [-0.05, 0) is 13.3 Å². The molecule has 0 aliphatic carbocycles. The molecule has 0 radical (unpaired) electrons. The SMILES string of the molecule is COC(C)CC(N)c1cncnc1. The Bertz CT molecular complexity index is 240. The van der Waals surface area contributed by atoms with Gasteiger partial charge < -0.3 is 10.5 Å². The largest absolute Gasteiger partial charge is 0.382 e. The molecule has 2 unspecified atom stereocenters. The highest BCUT2D eigenvalue weighted by atomic mass is 16.5. The van der Waals surface area contributed by atoms with Crippen LogP contribution in [0.3, 0.4) is 0 Å². The number of hydrogen-bond acceptors (Lipinski definition) is 4. The van der Waals surface area contributed by atoms with Gasteiger partial charge >= 0.3 is 0 Å². The van der Waals surface area contributed by atoms with Crippen molar-refractivity contribution in [1.82, 2.24) is 9.97 Å². The Labute approximate surface area is 78.1 Å². The normalized spacial score (nSPS) is 15.3. The summed E-state index contributed by atoms with van der Waals surface area (Å²) in [4.78, 5) is 7.81. The Morgan fingerprint density at radius 1 is 1.46 bits per heavy atom. The van der Waals surface area contributed by atoms with Gasteiger partial charge in [-0.1, -0.05) is 0 Å². The van der Waals surface area contributed by atoms with Gasteiger partial charge in [0.1, 0.15) is 6.33 Å². The fourth-order valence-corrected chi connectivity index (χ4v) is 1.09. The van der Waals surface area contributed by atoms with Crippen molar-refractivity contribution >= 4 is 0 Å². The summed E-state index contributed by atoms with van der Waals surface area (Å²) in [6, 6.07) is -0.0452. The molecule has 0 aliphatic rings. The van der Waals surface area contributed by atoms with E-state index in [9.17, 15) is 0 Å². The van der Waals surface area contributed by atoms with Crippen LogP contribution in [0.2, 0.25) is 0 Å². The number of rotatable bonds is 4. The lowest BCUT2D eigenvalue weighted by Gasteiger charge is -2.15. The Kier molecular flexibility index (Phi) is 3.79. The second-order valence-electron chi connectivity index (χ2n) is 3.06. The van der Waals surface area contributed by atoms with Gasteiger partial charge in [-0.3, -0.25) is 0 Å². The van der Waals surface area contributed by atoms with Gasteiger partial charge in [-0.2, -0.15) is 0 Å². The van der Waals surface area contributed by atoms with Crippen molar-refractivity contribution in [2.75, 3.05) is 7.11 Å². The highest BCUT2D eigenvalue weighted by Gasteiger charge is 2.10.